The molecule has 0 radical (unpaired) electrons. The van der Waals surface area contributed by atoms with Gasteiger partial charge in [0, 0.05) is 11.5 Å². The Morgan fingerprint density at radius 1 is 1.42 bits per heavy atom. The van der Waals surface area contributed by atoms with Gasteiger partial charge in [-0.15, -0.1) is 0 Å². The SMILES string of the molecule is Cc1cc(NC(=O)c2cc3cccc(F)c3[nH]2)no1. The molecule has 3 rings (SSSR count). The van der Waals surface area contributed by atoms with E-state index in [1.165, 1.54) is 6.07 Å². The first-order valence-electron chi connectivity index (χ1n) is 5.65. The summed E-state index contributed by atoms with van der Waals surface area (Å²) in [5.41, 5.74) is 0.574. The predicted molar refractivity (Wildman–Crippen MR) is 67.4 cm³/mol. The molecule has 3 aromatic rings. The second kappa shape index (κ2) is 4.24. The number of nitrogens with zero attached hydrogens (tertiary/aromatic N) is 1. The van der Waals surface area contributed by atoms with Crippen molar-refractivity contribution < 1.29 is 13.7 Å². The monoisotopic (exact) mass is 259 g/mol. The molecule has 0 fully saturated rings. The van der Waals surface area contributed by atoms with Crippen LogP contribution in [0.2, 0.25) is 0 Å². The fraction of sp³-hybridized carbons (Fsp3) is 0.0769. The molecule has 0 aliphatic carbocycles. The van der Waals surface area contributed by atoms with E-state index in [1.54, 1.807) is 31.2 Å². The van der Waals surface area contributed by atoms with E-state index in [4.69, 9.17) is 4.52 Å². The largest absolute Gasteiger partial charge is 0.360 e. The van der Waals surface area contributed by atoms with Crippen LogP contribution in [0.4, 0.5) is 10.2 Å². The number of carbonyl (C=O) groups excluding carboxylic acids is 1. The number of carbonyl (C=O) groups is 1. The Bertz CT molecular complexity index is 760. The van der Waals surface area contributed by atoms with Gasteiger partial charge in [0.2, 0.25) is 0 Å². The Hall–Kier alpha value is -2.63. The number of hydrogen-bond acceptors (Lipinski definition) is 3. The lowest BCUT2D eigenvalue weighted by Gasteiger charge is -1.97. The minimum Gasteiger partial charge on any atom is -0.360 e. The van der Waals surface area contributed by atoms with Crippen molar-refractivity contribution in [1.29, 1.82) is 0 Å². The number of H-pyrrole nitrogens is 1. The van der Waals surface area contributed by atoms with E-state index in [0.717, 1.165) is 0 Å². The highest BCUT2D eigenvalue weighted by molar-refractivity contribution is 6.05. The first kappa shape index (κ1) is 11.5. The maximum Gasteiger partial charge on any atom is 0.273 e. The fourth-order valence-corrected chi connectivity index (χ4v) is 1.85. The Morgan fingerprint density at radius 3 is 2.95 bits per heavy atom. The van der Waals surface area contributed by atoms with E-state index >= 15 is 0 Å². The molecule has 19 heavy (non-hydrogen) atoms. The molecule has 5 nitrogen and oxygen atoms in total. The van der Waals surface area contributed by atoms with Crippen LogP contribution in [0.5, 0.6) is 0 Å². The van der Waals surface area contributed by atoms with Gasteiger partial charge in [-0.3, -0.25) is 4.79 Å². The van der Waals surface area contributed by atoms with Crippen molar-refractivity contribution >= 4 is 22.6 Å². The zero-order valence-electron chi connectivity index (χ0n) is 10.0. The number of anilines is 1. The van der Waals surface area contributed by atoms with E-state index in [1.807, 2.05) is 0 Å². The van der Waals surface area contributed by atoms with Crippen molar-refractivity contribution in [1.82, 2.24) is 10.1 Å². The van der Waals surface area contributed by atoms with Crippen molar-refractivity contribution in [2.45, 2.75) is 6.92 Å². The van der Waals surface area contributed by atoms with Crippen LogP contribution in [0.25, 0.3) is 10.9 Å². The summed E-state index contributed by atoms with van der Waals surface area (Å²) in [6, 6.07) is 7.84. The van der Waals surface area contributed by atoms with Crippen molar-refractivity contribution in [3.05, 3.63) is 47.6 Å². The number of nitrogens with one attached hydrogen (secondary N) is 2. The molecule has 2 aromatic heterocycles. The molecule has 0 spiro atoms. The maximum absolute atomic E-state index is 13.5. The smallest absolute Gasteiger partial charge is 0.273 e. The predicted octanol–water partition coefficient (Wildman–Crippen LogP) is 2.86. The first-order valence-corrected chi connectivity index (χ1v) is 5.65. The van der Waals surface area contributed by atoms with Crippen molar-refractivity contribution in [3.63, 3.8) is 0 Å². The summed E-state index contributed by atoms with van der Waals surface area (Å²) in [4.78, 5) is 14.7. The number of hydrogen-bond donors (Lipinski definition) is 2. The summed E-state index contributed by atoms with van der Waals surface area (Å²) in [5, 5.41) is 6.86. The summed E-state index contributed by atoms with van der Waals surface area (Å²) < 4.78 is 18.3. The number of fused-ring (bicyclic) bond motifs is 1. The van der Waals surface area contributed by atoms with Crippen LogP contribution in [0.1, 0.15) is 16.2 Å². The lowest BCUT2D eigenvalue weighted by molar-refractivity contribution is 0.102. The normalized spacial score (nSPS) is 10.8. The Morgan fingerprint density at radius 2 is 2.26 bits per heavy atom. The Labute approximate surface area is 107 Å². The second-order valence-corrected chi connectivity index (χ2v) is 4.16. The standard InChI is InChI=1S/C13H10FN3O2/c1-7-5-11(17-19-7)16-13(18)10-6-8-3-2-4-9(14)12(8)15-10/h2-6,15H,1H3,(H,16,17,18). The average molecular weight is 259 g/mol. The molecule has 1 aromatic carbocycles. The highest BCUT2D eigenvalue weighted by atomic mass is 19.1. The fourth-order valence-electron chi connectivity index (χ4n) is 1.85. The van der Waals surface area contributed by atoms with Gasteiger partial charge in [0.25, 0.3) is 5.91 Å². The summed E-state index contributed by atoms with van der Waals surface area (Å²) >= 11 is 0. The van der Waals surface area contributed by atoms with Crippen LogP contribution in [-0.2, 0) is 0 Å². The van der Waals surface area contributed by atoms with Gasteiger partial charge >= 0.3 is 0 Å². The van der Waals surface area contributed by atoms with Crippen molar-refractivity contribution in [2.24, 2.45) is 0 Å². The molecule has 2 N–H and O–H groups in total. The quantitative estimate of drug-likeness (QED) is 0.743. The van der Waals surface area contributed by atoms with Crippen LogP contribution in [0, 0.1) is 12.7 Å². The van der Waals surface area contributed by atoms with Gasteiger partial charge in [-0.1, -0.05) is 17.3 Å². The summed E-state index contributed by atoms with van der Waals surface area (Å²) in [6.07, 6.45) is 0. The molecule has 96 valence electrons. The summed E-state index contributed by atoms with van der Waals surface area (Å²) in [5.74, 6) is 0.123. The van der Waals surface area contributed by atoms with Crippen LogP contribution < -0.4 is 5.32 Å². The molecular weight excluding hydrogens is 249 g/mol. The van der Waals surface area contributed by atoms with Gasteiger partial charge in [-0.2, -0.15) is 0 Å². The van der Waals surface area contributed by atoms with Crippen LogP contribution in [-0.4, -0.2) is 16.0 Å². The molecule has 0 saturated carbocycles. The van der Waals surface area contributed by atoms with E-state index in [0.29, 0.717) is 22.5 Å². The van der Waals surface area contributed by atoms with E-state index in [9.17, 15) is 9.18 Å². The number of aryl methyl sites for hydroxylation is 1. The Balaban J connectivity index is 1.91. The lowest BCUT2D eigenvalue weighted by atomic mass is 10.2. The summed E-state index contributed by atoms with van der Waals surface area (Å²) in [6.45, 7) is 1.72. The van der Waals surface area contributed by atoms with E-state index in [-0.39, 0.29) is 5.69 Å². The Kier molecular flexibility index (Phi) is 2.56. The second-order valence-electron chi connectivity index (χ2n) is 4.16. The molecule has 1 amide bonds. The van der Waals surface area contributed by atoms with Crippen molar-refractivity contribution in [3.8, 4) is 0 Å². The number of aromatic nitrogens is 2. The third-order valence-electron chi connectivity index (χ3n) is 2.72. The van der Waals surface area contributed by atoms with Gasteiger partial charge < -0.3 is 14.8 Å². The number of rotatable bonds is 2. The molecule has 0 bridgehead atoms. The maximum atomic E-state index is 13.5. The van der Waals surface area contributed by atoms with Gasteiger partial charge in [0.15, 0.2) is 5.82 Å². The minimum atomic E-state index is -0.399. The van der Waals surface area contributed by atoms with Gasteiger partial charge in [-0.05, 0) is 19.1 Å². The minimum absolute atomic E-state index is 0.265. The topological polar surface area (TPSA) is 70.9 Å². The first-order chi connectivity index (χ1) is 9.13. The number of amides is 1. The van der Waals surface area contributed by atoms with Gasteiger partial charge in [-0.25, -0.2) is 4.39 Å². The molecule has 0 atom stereocenters. The molecule has 0 saturated heterocycles. The number of para-hydroxylation sites is 1. The molecule has 2 heterocycles. The van der Waals surface area contributed by atoms with E-state index in [2.05, 4.69) is 15.5 Å². The van der Waals surface area contributed by atoms with Crippen molar-refractivity contribution in [2.75, 3.05) is 5.32 Å². The highest BCUT2D eigenvalue weighted by Gasteiger charge is 2.13. The molecular formula is C13H10FN3O2. The highest BCUT2D eigenvalue weighted by Crippen LogP contribution is 2.19. The number of halogens is 1. The molecule has 6 heteroatoms. The zero-order valence-corrected chi connectivity index (χ0v) is 10.0. The summed E-state index contributed by atoms with van der Waals surface area (Å²) in [7, 11) is 0. The molecule has 0 unspecified atom stereocenters. The van der Waals surface area contributed by atoms with Gasteiger partial charge in [0.1, 0.15) is 17.3 Å². The van der Waals surface area contributed by atoms with Crippen LogP contribution in [0.15, 0.2) is 34.9 Å². The lowest BCUT2D eigenvalue weighted by Crippen LogP contribution is -2.12. The molecule has 0 aliphatic rings. The number of benzene rings is 1. The van der Waals surface area contributed by atoms with E-state index < -0.39 is 11.7 Å². The van der Waals surface area contributed by atoms with Crippen LogP contribution in [0.3, 0.4) is 0 Å². The van der Waals surface area contributed by atoms with Crippen LogP contribution >= 0.6 is 0 Å². The zero-order chi connectivity index (χ0) is 13.4. The molecule has 0 aliphatic heterocycles. The average Bonchev–Trinajstić information content (AvgIpc) is 2.96. The van der Waals surface area contributed by atoms with Gasteiger partial charge in [0.05, 0.1) is 5.52 Å². The third kappa shape index (κ3) is 2.08. The third-order valence-corrected chi connectivity index (χ3v) is 2.72. The number of aromatic amines is 1.